The van der Waals surface area contributed by atoms with Crippen LogP contribution in [-0.4, -0.2) is 59.3 Å². The SMILES string of the molecule is O=C(Cc1nn[nH]n1)N1CCC(c2n[nH]c(=O)n2Cc2ccccc2)CC1. The van der Waals surface area contributed by atoms with E-state index in [1.54, 1.807) is 9.47 Å². The van der Waals surface area contributed by atoms with Gasteiger partial charge in [-0.05, 0) is 18.4 Å². The quantitative estimate of drug-likeness (QED) is 0.657. The molecule has 0 spiro atoms. The van der Waals surface area contributed by atoms with Gasteiger partial charge in [0, 0.05) is 19.0 Å². The number of H-pyrrole nitrogens is 2. The number of aromatic amines is 2. The minimum absolute atomic E-state index is 0.0152. The molecule has 2 N–H and O–H groups in total. The molecule has 3 heterocycles. The number of likely N-dealkylation sites (tertiary alicyclic amines) is 1. The summed E-state index contributed by atoms with van der Waals surface area (Å²) in [6, 6.07) is 9.83. The van der Waals surface area contributed by atoms with Gasteiger partial charge in [-0.3, -0.25) is 9.36 Å². The van der Waals surface area contributed by atoms with Gasteiger partial charge in [-0.25, -0.2) is 9.89 Å². The molecule has 0 atom stereocenters. The summed E-state index contributed by atoms with van der Waals surface area (Å²) in [6.45, 7) is 1.73. The van der Waals surface area contributed by atoms with Gasteiger partial charge in [-0.2, -0.15) is 10.3 Å². The predicted octanol–water partition coefficient (Wildman–Crippen LogP) is 0.0815. The molecule has 10 nitrogen and oxygen atoms in total. The average Bonchev–Trinajstić information content (AvgIpc) is 3.33. The number of carbonyl (C=O) groups is 1. The molecule has 0 radical (unpaired) electrons. The van der Waals surface area contributed by atoms with Crippen molar-refractivity contribution in [1.29, 1.82) is 0 Å². The molecule has 1 amide bonds. The second-order valence-corrected chi connectivity index (χ2v) is 6.62. The van der Waals surface area contributed by atoms with E-state index in [2.05, 4.69) is 30.8 Å². The normalized spacial score (nSPS) is 15.2. The molecule has 1 aliphatic heterocycles. The molecular weight excluding hydrogens is 348 g/mol. The third-order valence-corrected chi connectivity index (χ3v) is 4.88. The second kappa shape index (κ2) is 7.52. The number of tetrazole rings is 1. The second-order valence-electron chi connectivity index (χ2n) is 6.62. The van der Waals surface area contributed by atoms with Gasteiger partial charge in [0.15, 0.2) is 5.82 Å². The topological polar surface area (TPSA) is 125 Å². The summed E-state index contributed by atoms with van der Waals surface area (Å²) in [6.07, 6.45) is 1.66. The Hall–Kier alpha value is -3.30. The standard InChI is InChI=1S/C17H20N8O2/c26-15(10-14-18-22-23-19-14)24-8-6-13(7-9-24)16-20-21-17(27)25(16)11-12-4-2-1-3-5-12/h1-5,13H,6-11H2,(H,21,27)(H,18,19,22,23). The Balaban J connectivity index is 1.41. The van der Waals surface area contributed by atoms with E-state index >= 15 is 0 Å². The zero-order chi connectivity index (χ0) is 18.6. The molecule has 0 unspecified atom stereocenters. The third-order valence-electron chi connectivity index (χ3n) is 4.88. The Labute approximate surface area is 154 Å². The zero-order valence-corrected chi connectivity index (χ0v) is 14.7. The molecule has 0 saturated carbocycles. The summed E-state index contributed by atoms with van der Waals surface area (Å²) in [5.74, 6) is 1.28. The highest BCUT2D eigenvalue weighted by Gasteiger charge is 2.28. The van der Waals surface area contributed by atoms with Crippen molar-refractivity contribution < 1.29 is 4.79 Å². The van der Waals surface area contributed by atoms with Gasteiger partial charge < -0.3 is 4.90 Å². The number of aromatic nitrogens is 7. The maximum Gasteiger partial charge on any atom is 0.343 e. The molecule has 1 fully saturated rings. The van der Waals surface area contributed by atoms with Gasteiger partial charge in [0.25, 0.3) is 0 Å². The molecule has 0 bridgehead atoms. The van der Waals surface area contributed by atoms with Crippen molar-refractivity contribution in [3.8, 4) is 0 Å². The Kier molecular flexibility index (Phi) is 4.77. The van der Waals surface area contributed by atoms with Crippen molar-refractivity contribution in [2.24, 2.45) is 0 Å². The highest BCUT2D eigenvalue weighted by Crippen LogP contribution is 2.26. The van der Waals surface area contributed by atoms with Crippen molar-refractivity contribution in [2.45, 2.75) is 31.7 Å². The molecule has 1 aliphatic rings. The lowest BCUT2D eigenvalue weighted by atomic mass is 9.95. The first-order chi connectivity index (χ1) is 13.2. The van der Waals surface area contributed by atoms with Crippen LogP contribution in [0.4, 0.5) is 0 Å². The molecule has 1 saturated heterocycles. The third kappa shape index (κ3) is 3.78. The van der Waals surface area contributed by atoms with Gasteiger partial charge in [0.1, 0.15) is 5.82 Å². The van der Waals surface area contributed by atoms with Gasteiger partial charge in [0.2, 0.25) is 5.91 Å². The number of hydrogen-bond acceptors (Lipinski definition) is 6. The minimum Gasteiger partial charge on any atom is -0.342 e. The van der Waals surface area contributed by atoms with Crippen molar-refractivity contribution in [3.05, 3.63) is 58.0 Å². The molecule has 0 aliphatic carbocycles. The molecule has 140 valence electrons. The van der Waals surface area contributed by atoms with E-state index in [9.17, 15) is 9.59 Å². The van der Waals surface area contributed by atoms with Gasteiger partial charge in [-0.15, -0.1) is 10.2 Å². The molecular formula is C17H20N8O2. The van der Waals surface area contributed by atoms with Crippen LogP contribution in [0.2, 0.25) is 0 Å². The lowest BCUT2D eigenvalue weighted by Crippen LogP contribution is -2.39. The summed E-state index contributed by atoms with van der Waals surface area (Å²) in [5, 5.41) is 20.3. The molecule has 10 heteroatoms. The molecule has 27 heavy (non-hydrogen) atoms. The molecule has 2 aromatic heterocycles. The zero-order valence-electron chi connectivity index (χ0n) is 14.7. The van der Waals surface area contributed by atoms with Crippen molar-refractivity contribution in [3.63, 3.8) is 0 Å². The number of piperidine rings is 1. The number of benzene rings is 1. The Morgan fingerprint density at radius 1 is 1.15 bits per heavy atom. The molecule has 1 aromatic carbocycles. The summed E-state index contributed by atoms with van der Waals surface area (Å²) < 4.78 is 1.69. The van der Waals surface area contributed by atoms with E-state index in [0.29, 0.717) is 25.5 Å². The number of carbonyl (C=O) groups excluding carboxylic acids is 1. The van der Waals surface area contributed by atoms with Crippen molar-refractivity contribution in [2.75, 3.05) is 13.1 Å². The Bertz CT molecular complexity index is 939. The lowest BCUT2D eigenvalue weighted by molar-refractivity contribution is -0.131. The fourth-order valence-corrected chi connectivity index (χ4v) is 3.45. The van der Waals surface area contributed by atoms with Crippen molar-refractivity contribution >= 4 is 5.91 Å². The fraction of sp³-hybridized carbons (Fsp3) is 0.412. The van der Waals surface area contributed by atoms with Crippen LogP contribution in [0.1, 0.15) is 36.0 Å². The van der Waals surface area contributed by atoms with Crippen LogP contribution in [0.5, 0.6) is 0 Å². The maximum absolute atomic E-state index is 12.3. The minimum atomic E-state index is -0.204. The maximum atomic E-state index is 12.3. The largest absolute Gasteiger partial charge is 0.343 e. The summed E-state index contributed by atoms with van der Waals surface area (Å²) in [5.41, 5.74) is 0.847. The van der Waals surface area contributed by atoms with Crippen LogP contribution < -0.4 is 5.69 Å². The van der Waals surface area contributed by atoms with E-state index < -0.39 is 0 Å². The number of hydrogen-bond donors (Lipinski definition) is 2. The summed E-state index contributed by atoms with van der Waals surface area (Å²) >= 11 is 0. The van der Waals surface area contributed by atoms with Crippen LogP contribution in [0, 0.1) is 0 Å². The van der Waals surface area contributed by atoms with Crippen LogP contribution in [0.15, 0.2) is 35.1 Å². The van der Waals surface area contributed by atoms with Crippen LogP contribution in [0.3, 0.4) is 0 Å². The number of nitrogens with one attached hydrogen (secondary N) is 2. The van der Waals surface area contributed by atoms with Gasteiger partial charge in [0.05, 0.1) is 13.0 Å². The lowest BCUT2D eigenvalue weighted by Gasteiger charge is -2.31. The van der Waals surface area contributed by atoms with Crippen LogP contribution in [-0.2, 0) is 17.8 Å². The smallest absolute Gasteiger partial charge is 0.342 e. The predicted molar refractivity (Wildman–Crippen MR) is 94.8 cm³/mol. The van der Waals surface area contributed by atoms with Crippen molar-refractivity contribution in [1.82, 2.24) is 40.3 Å². The van der Waals surface area contributed by atoms with Gasteiger partial charge >= 0.3 is 5.69 Å². The van der Waals surface area contributed by atoms with E-state index in [1.165, 1.54) is 0 Å². The summed E-state index contributed by atoms with van der Waals surface area (Å²) in [4.78, 5) is 26.3. The van der Waals surface area contributed by atoms with Gasteiger partial charge in [-0.1, -0.05) is 35.5 Å². The van der Waals surface area contributed by atoms with Crippen LogP contribution in [0.25, 0.3) is 0 Å². The Morgan fingerprint density at radius 3 is 2.63 bits per heavy atom. The Morgan fingerprint density at radius 2 is 1.93 bits per heavy atom. The number of nitrogens with zero attached hydrogens (tertiary/aromatic N) is 6. The van der Waals surface area contributed by atoms with E-state index in [-0.39, 0.29) is 23.9 Å². The van der Waals surface area contributed by atoms with E-state index in [0.717, 1.165) is 24.2 Å². The summed E-state index contributed by atoms with van der Waals surface area (Å²) in [7, 11) is 0. The highest BCUT2D eigenvalue weighted by atomic mass is 16.2. The molecule has 4 rings (SSSR count). The average molecular weight is 368 g/mol. The first-order valence-corrected chi connectivity index (χ1v) is 8.90. The monoisotopic (exact) mass is 368 g/mol. The number of rotatable bonds is 5. The van der Waals surface area contributed by atoms with E-state index in [1.807, 2.05) is 30.3 Å². The fourth-order valence-electron chi connectivity index (χ4n) is 3.45. The molecule has 3 aromatic rings. The van der Waals surface area contributed by atoms with E-state index in [4.69, 9.17) is 0 Å². The van der Waals surface area contributed by atoms with Crippen LogP contribution >= 0.6 is 0 Å². The first kappa shape index (κ1) is 17.1. The first-order valence-electron chi connectivity index (χ1n) is 8.90. The highest BCUT2D eigenvalue weighted by molar-refractivity contribution is 5.78. The number of amides is 1.